The van der Waals surface area contributed by atoms with E-state index in [1.54, 1.807) is 11.3 Å². The molecule has 1 saturated heterocycles. The Bertz CT molecular complexity index is 737. The van der Waals surface area contributed by atoms with Gasteiger partial charge in [0, 0.05) is 19.1 Å². The molecule has 0 amide bonds. The summed E-state index contributed by atoms with van der Waals surface area (Å²) in [5.41, 5.74) is 1.26. The number of hydrogen-bond donors (Lipinski definition) is 1. The first-order valence-electron chi connectivity index (χ1n) is 9.39. The maximum atomic E-state index is 5.57. The van der Waals surface area contributed by atoms with Crippen molar-refractivity contribution in [3.63, 3.8) is 0 Å². The van der Waals surface area contributed by atoms with E-state index in [2.05, 4.69) is 34.5 Å². The van der Waals surface area contributed by atoms with Crippen molar-refractivity contribution in [2.75, 3.05) is 11.9 Å². The number of aromatic nitrogens is 2. The summed E-state index contributed by atoms with van der Waals surface area (Å²) in [4.78, 5) is 2.63. The van der Waals surface area contributed by atoms with Crippen LogP contribution in [-0.2, 0) is 13.2 Å². The number of fused-ring (bicyclic) bond motifs is 1. The fourth-order valence-electron chi connectivity index (χ4n) is 4.32. The molecule has 1 aromatic heterocycles. The summed E-state index contributed by atoms with van der Waals surface area (Å²) >= 11 is 7.15. The van der Waals surface area contributed by atoms with Crippen LogP contribution in [0.3, 0.4) is 0 Å². The second kappa shape index (κ2) is 7.98. The Kier molecular flexibility index (Phi) is 5.48. The van der Waals surface area contributed by atoms with Gasteiger partial charge in [-0.2, -0.15) is 0 Å². The minimum absolute atomic E-state index is 0.742. The van der Waals surface area contributed by atoms with Crippen molar-refractivity contribution in [3.05, 3.63) is 39.8 Å². The third kappa shape index (κ3) is 4.13. The number of benzene rings is 1. The molecule has 2 fully saturated rings. The van der Waals surface area contributed by atoms with Crippen LogP contribution in [0.2, 0.25) is 0 Å². The molecule has 0 bridgehead atoms. The molecule has 2 atom stereocenters. The predicted octanol–water partition coefficient (Wildman–Crippen LogP) is 4.90. The normalized spacial score (nSPS) is 24.0. The van der Waals surface area contributed by atoms with E-state index in [-0.39, 0.29) is 0 Å². The van der Waals surface area contributed by atoms with Crippen LogP contribution in [0.5, 0.6) is 0 Å². The molecule has 1 N–H and O–H groups in total. The van der Waals surface area contributed by atoms with Crippen molar-refractivity contribution in [1.82, 2.24) is 14.7 Å². The third-order valence-corrected chi connectivity index (χ3v) is 6.83. The smallest absolute Gasteiger partial charge is 0.204 e. The third-order valence-electron chi connectivity index (χ3n) is 5.57. The van der Waals surface area contributed by atoms with Crippen LogP contribution >= 0.6 is 23.6 Å². The standard InChI is InChI=1S/C19H26N4S2/c24-19-23(14-22-12-6-10-16-9-4-5-11-17(16)22)21-18(25-19)20-13-15-7-2-1-3-8-15/h1-3,7-8,16-17H,4-6,9-14H2,(H,20,21)/t16-,17-/m1/s1. The molecule has 4 nitrogen and oxygen atoms in total. The Morgan fingerprint density at radius 1 is 1.12 bits per heavy atom. The zero-order valence-corrected chi connectivity index (χ0v) is 16.2. The molecule has 6 heteroatoms. The van der Waals surface area contributed by atoms with Crippen LogP contribution in [0.25, 0.3) is 0 Å². The second-order valence-electron chi connectivity index (χ2n) is 7.22. The average molecular weight is 375 g/mol. The Balaban J connectivity index is 1.41. The Morgan fingerprint density at radius 3 is 2.80 bits per heavy atom. The number of likely N-dealkylation sites (tertiary alicyclic amines) is 1. The molecule has 4 rings (SSSR count). The first kappa shape index (κ1) is 17.2. The van der Waals surface area contributed by atoms with E-state index in [0.29, 0.717) is 0 Å². The number of rotatable bonds is 5. The SMILES string of the molecule is S=c1sc(NCc2ccccc2)nn1CN1CCC[C@H]2CCCC[C@H]21. The molecule has 25 heavy (non-hydrogen) atoms. The number of nitrogens with zero attached hydrogens (tertiary/aromatic N) is 3. The Morgan fingerprint density at radius 2 is 1.92 bits per heavy atom. The highest BCUT2D eigenvalue weighted by Crippen LogP contribution is 2.35. The van der Waals surface area contributed by atoms with Gasteiger partial charge in [-0.15, -0.1) is 5.10 Å². The zero-order valence-electron chi connectivity index (χ0n) is 14.6. The van der Waals surface area contributed by atoms with Gasteiger partial charge in [0.05, 0.1) is 6.67 Å². The highest BCUT2D eigenvalue weighted by atomic mass is 32.1. The van der Waals surface area contributed by atoms with Crippen LogP contribution in [0.4, 0.5) is 5.13 Å². The molecule has 1 aliphatic heterocycles. The van der Waals surface area contributed by atoms with Gasteiger partial charge >= 0.3 is 0 Å². The molecule has 1 aromatic carbocycles. The van der Waals surface area contributed by atoms with Gasteiger partial charge < -0.3 is 5.32 Å². The fraction of sp³-hybridized carbons (Fsp3) is 0.579. The lowest BCUT2D eigenvalue weighted by Gasteiger charge is -2.43. The van der Waals surface area contributed by atoms with Crippen molar-refractivity contribution in [3.8, 4) is 0 Å². The minimum Gasteiger partial charge on any atom is -0.356 e. The molecular weight excluding hydrogens is 348 g/mol. The van der Waals surface area contributed by atoms with Gasteiger partial charge in [0.1, 0.15) is 0 Å². The number of nitrogens with one attached hydrogen (secondary N) is 1. The molecule has 134 valence electrons. The quantitative estimate of drug-likeness (QED) is 0.755. The topological polar surface area (TPSA) is 33.1 Å². The summed E-state index contributed by atoms with van der Waals surface area (Å²) in [5, 5.41) is 9.07. The Hall–Kier alpha value is -1.24. The van der Waals surface area contributed by atoms with E-state index < -0.39 is 0 Å². The van der Waals surface area contributed by atoms with Gasteiger partial charge in [-0.05, 0) is 49.4 Å². The minimum atomic E-state index is 0.742. The van der Waals surface area contributed by atoms with Crippen LogP contribution in [0.15, 0.2) is 30.3 Å². The lowest BCUT2D eigenvalue weighted by atomic mass is 9.78. The number of anilines is 1. The molecule has 1 saturated carbocycles. The van der Waals surface area contributed by atoms with Gasteiger partial charge in [0.25, 0.3) is 0 Å². The maximum absolute atomic E-state index is 5.57. The van der Waals surface area contributed by atoms with E-state index >= 15 is 0 Å². The van der Waals surface area contributed by atoms with Crippen LogP contribution in [0.1, 0.15) is 44.1 Å². The van der Waals surface area contributed by atoms with Gasteiger partial charge in [-0.3, -0.25) is 4.90 Å². The van der Waals surface area contributed by atoms with Crippen molar-refractivity contribution < 1.29 is 0 Å². The lowest BCUT2D eigenvalue weighted by Crippen LogP contribution is -2.47. The monoisotopic (exact) mass is 374 g/mol. The van der Waals surface area contributed by atoms with Gasteiger partial charge in [0.15, 0.2) is 3.95 Å². The van der Waals surface area contributed by atoms with Crippen molar-refractivity contribution in [2.24, 2.45) is 5.92 Å². The van der Waals surface area contributed by atoms with Crippen LogP contribution in [-0.4, -0.2) is 27.3 Å². The van der Waals surface area contributed by atoms with E-state index in [1.807, 2.05) is 10.7 Å². The summed E-state index contributed by atoms with van der Waals surface area (Å²) in [6, 6.07) is 11.2. The summed E-state index contributed by atoms with van der Waals surface area (Å²) in [5.74, 6) is 0.894. The second-order valence-corrected chi connectivity index (χ2v) is 8.84. The van der Waals surface area contributed by atoms with Crippen molar-refractivity contribution in [1.29, 1.82) is 0 Å². The largest absolute Gasteiger partial charge is 0.356 e. The first-order valence-corrected chi connectivity index (χ1v) is 10.6. The molecular formula is C19H26N4S2. The lowest BCUT2D eigenvalue weighted by molar-refractivity contribution is 0.0327. The van der Waals surface area contributed by atoms with Gasteiger partial charge in [0.2, 0.25) is 5.13 Å². The van der Waals surface area contributed by atoms with Crippen molar-refractivity contribution in [2.45, 2.75) is 57.8 Å². The molecule has 1 aliphatic carbocycles. The van der Waals surface area contributed by atoms with Crippen LogP contribution < -0.4 is 5.32 Å². The molecule has 0 unspecified atom stereocenters. The number of hydrogen-bond acceptors (Lipinski definition) is 5. The highest BCUT2D eigenvalue weighted by molar-refractivity contribution is 7.73. The maximum Gasteiger partial charge on any atom is 0.204 e. The van der Waals surface area contributed by atoms with E-state index in [1.165, 1.54) is 50.6 Å². The van der Waals surface area contributed by atoms with Crippen molar-refractivity contribution >= 4 is 28.7 Å². The molecule has 2 aromatic rings. The van der Waals surface area contributed by atoms with E-state index in [0.717, 1.165) is 34.3 Å². The highest BCUT2D eigenvalue weighted by Gasteiger charge is 2.33. The van der Waals surface area contributed by atoms with Crippen LogP contribution in [0, 0.1) is 9.87 Å². The Labute approximate surface area is 158 Å². The molecule has 2 heterocycles. The number of piperidine rings is 1. The van der Waals surface area contributed by atoms with Gasteiger partial charge in [-0.25, -0.2) is 4.68 Å². The van der Waals surface area contributed by atoms with Gasteiger partial charge in [-0.1, -0.05) is 54.5 Å². The first-order chi connectivity index (χ1) is 12.3. The summed E-state index contributed by atoms with van der Waals surface area (Å²) in [7, 11) is 0. The summed E-state index contributed by atoms with van der Waals surface area (Å²) < 4.78 is 2.89. The molecule has 2 aliphatic rings. The predicted molar refractivity (Wildman–Crippen MR) is 106 cm³/mol. The summed E-state index contributed by atoms with van der Waals surface area (Å²) in [6.45, 7) is 2.83. The molecule has 0 radical (unpaired) electrons. The average Bonchev–Trinajstić information content (AvgIpc) is 3.01. The molecule has 0 spiro atoms. The van der Waals surface area contributed by atoms with E-state index in [9.17, 15) is 0 Å². The zero-order chi connectivity index (χ0) is 17.1. The summed E-state index contributed by atoms with van der Waals surface area (Å²) in [6.07, 6.45) is 8.28. The fourth-order valence-corrected chi connectivity index (χ4v) is 5.30. The van der Waals surface area contributed by atoms with E-state index in [4.69, 9.17) is 17.3 Å².